The fourth-order valence-electron chi connectivity index (χ4n) is 0.897. The first-order valence-electron chi connectivity index (χ1n) is 4.16. The van der Waals surface area contributed by atoms with Crippen LogP contribution in [0.3, 0.4) is 0 Å². The van der Waals surface area contributed by atoms with Crippen LogP contribution in [0.4, 0.5) is 0 Å². The van der Waals surface area contributed by atoms with Gasteiger partial charge in [-0.3, -0.25) is 16.6 Å². The lowest BCUT2D eigenvalue weighted by Gasteiger charge is -2.07. The van der Waals surface area contributed by atoms with Gasteiger partial charge in [0.1, 0.15) is 0 Å². The molecule has 12 heavy (non-hydrogen) atoms. The topological polar surface area (TPSA) is 40.4 Å². The van der Waals surface area contributed by atoms with E-state index in [1.807, 2.05) is 0 Å². The summed E-state index contributed by atoms with van der Waals surface area (Å²) < 4.78 is 4.50. The molecule has 0 fully saturated rings. The predicted molar refractivity (Wildman–Crippen MR) is 49.2 cm³/mol. The first kappa shape index (κ1) is 11.7. The molecule has 0 amide bonds. The smallest absolute Gasteiger partial charge is 0.305 e. The van der Waals surface area contributed by atoms with Crippen molar-refractivity contribution in [2.24, 2.45) is 0 Å². The van der Waals surface area contributed by atoms with E-state index in [1.54, 1.807) is 0 Å². The zero-order valence-electron chi connectivity index (χ0n) is 7.38. The van der Waals surface area contributed by atoms with Crippen molar-refractivity contribution in [1.82, 2.24) is 0 Å². The first-order chi connectivity index (χ1) is 5.81. The van der Waals surface area contributed by atoms with E-state index in [0.29, 0.717) is 13.0 Å². The Morgan fingerprint density at radius 1 is 1.33 bits per heavy atom. The first-order valence-corrected chi connectivity index (χ1v) is 4.49. The molecule has 0 saturated carbocycles. The van der Waals surface area contributed by atoms with Crippen LogP contribution in [0.15, 0.2) is 0 Å². The summed E-state index contributed by atoms with van der Waals surface area (Å²) in [6.45, 7) is 0.708. The molecule has 0 radical (unpaired) electrons. The van der Waals surface area contributed by atoms with Crippen molar-refractivity contribution in [3.8, 4) is 0 Å². The average Bonchev–Trinajstić information content (AvgIpc) is 2.10. The minimum Gasteiger partial charge on any atom is -0.575 e. The van der Waals surface area contributed by atoms with Crippen molar-refractivity contribution in [3.05, 3.63) is 4.84 Å². The number of carbonyl (C=O) groups excluding carboxylic acids is 1. The Bertz CT molecular complexity index is 120. The van der Waals surface area contributed by atoms with E-state index in [0.717, 1.165) is 25.7 Å². The van der Waals surface area contributed by atoms with Crippen LogP contribution in [-0.4, -0.2) is 19.6 Å². The van der Waals surface area contributed by atoms with Crippen molar-refractivity contribution in [1.29, 1.82) is 0 Å². The van der Waals surface area contributed by atoms with Gasteiger partial charge in [-0.15, -0.1) is 6.54 Å². The van der Waals surface area contributed by atoms with E-state index in [4.69, 9.17) is 11.8 Å². The van der Waals surface area contributed by atoms with Crippen LogP contribution in [0, 0.1) is 0 Å². The number of nitrogens with zero attached hydrogens (tertiary/aromatic N) is 1. The molecule has 0 N–H and O–H groups in total. The van der Waals surface area contributed by atoms with E-state index in [9.17, 15) is 4.79 Å². The normalized spacial score (nSPS) is 9.83. The summed E-state index contributed by atoms with van der Waals surface area (Å²) in [5, 5.41) is 0. The highest BCUT2D eigenvalue weighted by atomic mass is 35.5. The molecule has 0 aliphatic rings. The highest BCUT2D eigenvalue weighted by molar-refractivity contribution is 6.24. The van der Waals surface area contributed by atoms with Crippen LogP contribution in [-0.2, 0) is 9.53 Å². The van der Waals surface area contributed by atoms with Gasteiger partial charge in [-0.2, -0.15) is 0 Å². The Hall–Kier alpha value is -0.280. The van der Waals surface area contributed by atoms with Gasteiger partial charge >= 0.3 is 5.97 Å². The molecule has 0 heterocycles. The Kier molecular flexibility index (Phi) is 8.61. The largest absolute Gasteiger partial charge is 0.575 e. The second kappa shape index (κ2) is 8.81. The SMILES string of the molecule is COC(=O)CCCCCC[N-]Cl. The molecule has 0 unspecified atom stereocenters. The average molecular weight is 193 g/mol. The molecule has 0 aromatic heterocycles. The van der Waals surface area contributed by atoms with Gasteiger partial charge < -0.3 is 9.57 Å². The van der Waals surface area contributed by atoms with Crippen molar-refractivity contribution in [2.45, 2.75) is 32.1 Å². The summed E-state index contributed by atoms with van der Waals surface area (Å²) in [5.41, 5.74) is 0. The third-order valence-corrected chi connectivity index (χ3v) is 1.77. The molecule has 0 atom stereocenters. The van der Waals surface area contributed by atoms with Crippen LogP contribution in [0.25, 0.3) is 4.84 Å². The van der Waals surface area contributed by atoms with Gasteiger partial charge in [0.25, 0.3) is 0 Å². The molecule has 72 valence electrons. The zero-order chi connectivity index (χ0) is 9.23. The van der Waals surface area contributed by atoms with Crippen molar-refractivity contribution in [3.63, 3.8) is 0 Å². The zero-order valence-corrected chi connectivity index (χ0v) is 8.14. The van der Waals surface area contributed by atoms with Gasteiger partial charge in [0, 0.05) is 6.42 Å². The number of unbranched alkanes of at least 4 members (excludes halogenated alkanes) is 3. The molecule has 0 bridgehead atoms. The minimum atomic E-state index is -0.128. The fraction of sp³-hybridized carbons (Fsp3) is 0.875. The number of carbonyl (C=O) groups is 1. The van der Waals surface area contributed by atoms with Crippen molar-refractivity contribution in [2.75, 3.05) is 13.7 Å². The van der Waals surface area contributed by atoms with E-state index in [2.05, 4.69) is 9.57 Å². The van der Waals surface area contributed by atoms with Crippen LogP contribution < -0.4 is 0 Å². The molecule has 4 heteroatoms. The van der Waals surface area contributed by atoms with Crippen LogP contribution >= 0.6 is 11.8 Å². The molecule has 0 rings (SSSR count). The standard InChI is InChI=1S/C8H15ClNO2/c1-12-8(11)6-4-2-3-5-7-10-9/h2-7H2,1H3/q-1. The summed E-state index contributed by atoms with van der Waals surface area (Å²) in [6.07, 6.45) is 4.54. The lowest BCUT2D eigenvalue weighted by Crippen LogP contribution is -1.99. The molecular formula is C8H15ClNO2-. The number of rotatable bonds is 7. The van der Waals surface area contributed by atoms with Crippen molar-refractivity contribution < 1.29 is 9.53 Å². The molecule has 0 saturated heterocycles. The second-order valence-corrected chi connectivity index (χ2v) is 2.82. The maximum Gasteiger partial charge on any atom is 0.305 e. The lowest BCUT2D eigenvalue weighted by molar-refractivity contribution is -0.140. The van der Waals surface area contributed by atoms with E-state index >= 15 is 0 Å². The Morgan fingerprint density at radius 3 is 2.58 bits per heavy atom. The van der Waals surface area contributed by atoms with Gasteiger partial charge in [-0.25, -0.2) is 0 Å². The number of methoxy groups -OCH3 is 1. The number of halogens is 1. The highest BCUT2D eigenvalue weighted by Crippen LogP contribution is 2.05. The summed E-state index contributed by atoms with van der Waals surface area (Å²) in [7, 11) is 1.41. The second-order valence-electron chi connectivity index (χ2n) is 2.58. The van der Waals surface area contributed by atoms with Crippen LogP contribution in [0.2, 0.25) is 0 Å². The monoisotopic (exact) mass is 192 g/mol. The molecular weight excluding hydrogens is 178 g/mol. The Morgan fingerprint density at radius 2 is 2.00 bits per heavy atom. The summed E-state index contributed by atoms with van der Waals surface area (Å²) in [6, 6.07) is 0. The molecule has 0 aromatic carbocycles. The number of hydrogen-bond acceptors (Lipinski definition) is 2. The molecule has 0 spiro atoms. The number of esters is 1. The van der Waals surface area contributed by atoms with Gasteiger partial charge in [0.15, 0.2) is 0 Å². The molecule has 0 aliphatic heterocycles. The predicted octanol–water partition coefficient (Wildman–Crippen LogP) is 2.64. The van der Waals surface area contributed by atoms with Crippen molar-refractivity contribution >= 4 is 17.7 Å². The number of ether oxygens (including phenoxy) is 1. The third-order valence-electron chi connectivity index (χ3n) is 1.60. The Balaban J connectivity index is 2.95. The van der Waals surface area contributed by atoms with Crippen LogP contribution in [0.5, 0.6) is 0 Å². The quantitative estimate of drug-likeness (QED) is 0.460. The fourth-order valence-corrected chi connectivity index (χ4v) is 1.02. The summed E-state index contributed by atoms with van der Waals surface area (Å²) in [4.78, 5) is 14.1. The Labute approximate surface area is 78.5 Å². The van der Waals surface area contributed by atoms with Gasteiger partial charge in [0.2, 0.25) is 0 Å². The van der Waals surface area contributed by atoms with E-state index in [-0.39, 0.29) is 5.97 Å². The van der Waals surface area contributed by atoms with Gasteiger partial charge in [0.05, 0.1) is 7.11 Å². The maximum absolute atomic E-state index is 10.6. The lowest BCUT2D eigenvalue weighted by atomic mass is 10.1. The molecule has 3 nitrogen and oxygen atoms in total. The molecule has 0 aliphatic carbocycles. The maximum atomic E-state index is 10.6. The van der Waals surface area contributed by atoms with Crippen LogP contribution in [0.1, 0.15) is 32.1 Å². The molecule has 0 aromatic rings. The highest BCUT2D eigenvalue weighted by Gasteiger charge is 1.97. The third kappa shape index (κ3) is 7.82. The van der Waals surface area contributed by atoms with Gasteiger partial charge in [-0.1, -0.05) is 19.3 Å². The summed E-state index contributed by atoms with van der Waals surface area (Å²) >= 11 is 5.14. The van der Waals surface area contributed by atoms with Gasteiger partial charge in [-0.05, 0) is 6.42 Å². The summed E-state index contributed by atoms with van der Waals surface area (Å²) in [5.74, 6) is -0.128. The van der Waals surface area contributed by atoms with E-state index in [1.165, 1.54) is 7.11 Å². The van der Waals surface area contributed by atoms with E-state index < -0.39 is 0 Å². The number of hydrogen-bond donors (Lipinski definition) is 0. The minimum absolute atomic E-state index is 0.128.